The van der Waals surface area contributed by atoms with Gasteiger partial charge in [-0.05, 0) is 20.3 Å². The smallest absolute Gasteiger partial charge is 0.0638 e. The van der Waals surface area contributed by atoms with Gasteiger partial charge in [-0.3, -0.25) is 0 Å². The molecule has 3 nitrogen and oxygen atoms in total. The summed E-state index contributed by atoms with van der Waals surface area (Å²) >= 11 is 0. The van der Waals surface area contributed by atoms with Crippen LogP contribution in [0.4, 0.5) is 0 Å². The summed E-state index contributed by atoms with van der Waals surface area (Å²) in [6.45, 7) is 6.81. The number of hydrogen-bond acceptors (Lipinski definition) is 3. The first-order chi connectivity index (χ1) is 5.64. The molecule has 1 heterocycles. The van der Waals surface area contributed by atoms with Crippen molar-refractivity contribution in [1.82, 2.24) is 5.32 Å². The molecule has 72 valence electrons. The van der Waals surface area contributed by atoms with Crippen LogP contribution < -0.4 is 5.32 Å². The molecule has 1 atom stereocenters. The Morgan fingerprint density at radius 1 is 1.58 bits per heavy atom. The molecule has 0 aromatic rings. The molecule has 0 radical (unpaired) electrons. The van der Waals surface area contributed by atoms with Gasteiger partial charge in [0.15, 0.2) is 0 Å². The third-order valence-electron chi connectivity index (χ3n) is 2.29. The van der Waals surface area contributed by atoms with Gasteiger partial charge in [-0.15, -0.1) is 0 Å². The Balaban J connectivity index is 2.28. The summed E-state index contributed by atoms with van der Waals surface area (Å²) < 4.78 is 10.7. The minimum atomic E-state index is -0.0433. The molecule has 0 amide bonds. The van der Waals surface area contributed by atoms with Gasteiger partial charge in [-0.1, -0.05) is 0 Å². The van der Waals surface area contributed by atoms with Crippen LogP contribution in [0.1, 0.15) is 20.3 Å². The lowest BCUT2D eigenvalue weighted by atomic mass is 9.99. The van der Waals surface area contributed by atoms with E-state index in [0.29, 0.717) is 6.04 Å². The van der Waals surface area contributed by atoms with Crippen molar-refractivity contribution in [2.24, 2.45) is 0 Å². The molecule has 0 saturated carbocycles. The Bertz CT molecular complexity index is 130. The Morgan fingerprint density at radius 3 is 2.83 bits per heavy atom. The summed E-state index contributed by atoms with van der Waals surface area (Å²) in [6, 6.07) is 0.452. The summed E-state index contributed by atoms with van der Waals surface area (Å²) in [5.41, 5.74) is -0.0433. The van der Waals surface area contributed by atoms with Gasteiger partial charge >= 0.3 is 0 Å². The SMILES string of the molecule is COC(C)(C)CC1COCCN1. The molecule has 0 bridgehead atoms. The highest BCUT2D eigenvalue weighted by Crippen LogP contribution is 2.16. The molecule has 1 N–H and O–H groups in total. The van der Waals surface area contributed by atoms with Gasteiger partial charge in [-0.2, -0.15) is 0 Å². The highest BCUT2D eigenvalue weighted by molar-refractivity contribution is 4.79. The topological polar surface area (TPSA) is 30.5 Å². The summed E-state index contributed by atoms with van der Waals surface area (Å²) in [5.74, 6) is 0. The largest absolute Gasteiger partial charge is 0.379 e. The van der Waals surface area contributed by atoms with Crippen molar-refractivity contribution >= 4 is 0 Å². The second-order valence-electron chi connectivity index (χ2n) is 3.89. The number of morpholine rings is 1. The molecule has 0 aromatic heterocycles. The summed E-state index contributed by atoms with van der Waals surface area (Å²) in [5, 5.41) is 3.40. The first-order valence-electron chi connectivity index (χ1n) is 4.50. The van der Waals surface area contributed by atoms with Crippen LogP contribution in [-0.4, -0.2) is 38.5 Å². The second-order valence-corrected chi connectivity index (χ2v) is 3.89. The summed E-state index contributed by atoms with van der Waals surface area (Å²) in [6.07, 6.45) is 1.00. The Morgan fingerprint density at radius 2 is 2.33 bits per heavy atom. The van der Waals surface area contributed by atoms with Crippen LogP contribution in [0.5, 0.6) is 0 Å². The quantitative estimate of drug-likeness (QED) is 0.684. The predicted molar refractivity (Wildman–Crippen MR) is 48.3 cm³/mol. The molecule has 1 fully saturated rings. The van der Waals surface area contributed by atoms with E-state index in [1.54, 1.807) is 7.11 Å². The molecule has 1 rings (SSSR count). The Labute approximate surface area is 74.4 Å². The first-order valence-corrected chi connectivity index (χ1v) is 4.50. The molecular formula is C9H19NO2. The van der Waals surface area contributed by atoms with Crippen LogP contribution in [0.25, 0.3) is 0 Å². The van der Waals surface area contributed by atoms with Crippen molar-refractivity contribution in [3.8, 4) is 0 Å². The van der Waals surface area contributed by atoms with Crippen molar-refractivity contribution in [1.29, 1.82) is 0 Å². The number of nitrogens with one attached hydrogen (secondary N) is 1. The Kier molecular flexibility index (Phi) is 3.50. The van der Waals surface area contributed by atoms with Crippen LogP contribution in [-0.2, 0) is 9.47 Å². The van der Waals surface area contributed by atoms with E-state index in [0.717, 1.165) is 26.2 Å². The van der Waals surface area contributed by atoms with Crippen LogP contribution >= 0.6 is 0 Å². The molecule has 1 saturated heterocycles. The third-order valence-corrected chi connectivity index (χ3v) is 2.29. The third kappa shape index (κ3) is 3.09. The predicted octanol–water partition coefficient (Wildman–Crippen LogP) is 0.790. The van der Waals surface area contributed by atoms with E-state index in [1.165, 1.54) is 0 Å². The fraction of sp³-hybridized carbons (Fsp3) is 1.00. The van der Waals surface area contributed by atoms with Crippen molar-refractivity contribution in [2.45, 2.75) is 31.9 Å². The Hall–Kier alpha value is -0.120. The monoisotopic (exact) mass is 173 g/mol. The zero-order chi connectivity index (χ0) is 9.03. The zero-order valence-electron chi connectivity index (χ0n) is 8.22. The lowest BCUT2D eigenvalue weighted by molar-refractivity contribution is -0.0140. The average Bonchev–Trinajstić information content (AvgIpc) is 2.06. The second kappa shape index (κ2) is 4.21. The maximum atomic E-state index is 5.35. The van der Waals surface area contributed by atoms with Gasteiger partial charge in [0.2, 0.25) is 0 Å². The van der Waals surface area contributed by atoms with Gasteiger partial charge in [0.25, 0.3) is 0 Å². The van der Waals surface area contributed by atoms with Gasteiger partial charge in [-0.25, -0.2) is 0 Å². The number of ether oxygens (including phenoxy) is 2. The molecule has 0 aromatic carbocycles. The lowest BCUT2D eigenvalue weighted by Gasteiger charge is -2.31. The fourth-order valence-corrected chi connectivity index (χ4v) is 1.43. The van der Waals surface area contributed by atoms with Crippen molar-refractivity contribution < 1.29 is 9.47 Å². The molecule has 1 aliphatic rings. The molecule has 12 heavy (non-hydrogen) atoms. The van der Waals surface area contributed by atoms with Gasteiger partial charge in [0.05, 0.1) is 18.8 Å². The lowest BCUT2D eigenvalue weighted by Crippen LogP contribution is -2.45. The van der Waals surface area contributed by atoms with Gasteiger partial charge in [0.1, 0.15) is 0 Å². The van der Waals surface area contributed by atoms with Crippen LogP contribution in [0.2, 0.25) is 0 Å². The number of methoxy groups -OCH3 is 1. The van der Waals surface area contributed by atoms with E-state index >= 15 is 0 Å². The highest BCUT2D eigenvalue weighted by atomic mass is 16.5. The van der Waals surface area contributed by atoms with E-state index < -0.39 is 0 Å². The average molecular weight is 173 g/mol. The van der Waals surface area contributed by atoms with Crippen molar-refractivity contribution in [2.75, 3.05) is 26.9 Å². The van der Waals surface area contributed by atoms with Gasteiger partial charge in [0, 0.05) is 19.7 Å². The van der Waals surface area contributed by atoms with Crippen molar-refractivity contribution in [3.63, 3.8) is 0 Å². The summed E-state index contributed by atoms with van der Waals surface area (Å²) in [7, 11) is 1.75. The molecule has 1 aliphatic heterocycles. The van der Waals surface area contributed by atoms with Crippen molar-refractivity contribution in [3.05, 3.63) is 0 Å². The number of hydrogen-bond donors (Lipinski definition) is 1. The standard InChI is InChI=1S/C9H19NO2/c1-9(2,11-3)6-8-7-12-5-4-10-8/h8,10H,4-7H2,1-3H3. The maximum absolute atomic E-state index is 5.35. The van der Waals surface area contributed by atoms with Crippen LogP contribution in [0.15, 0.2) is 0 Å². The molecule has 3 heteroatoms. The van der Waals surface area contributed by atoms with Gasteiger partial charge < -0.3 is 14.8 Å². The molecular weight excluding hydrogens is 154 g/mol. The molecule has 0 spiro atoms. The zero-order valence-corrected chi connectivity index (χ0v) is 8.22. The normalized spacial score (nSPS) is 25.8. The van der Waals surface area contributed by atoms with E-state index in [1.807, 2.05) is 0 Å². The van der Waals surface area contributed by atoms with Crippen LogP contribution in [0, 0.1) is 0 Å². The van der Waals surface area contributed by atoms with E-state index in [9.17, 15) is 0 Å². The minimum absolute atomic E-state index is 0.0433. The first kappa shape index (κ1) is 9.96. The van der Waals surface area contributed by atoms with E-state index in [2.05, 4.69) is 19.2 Å². The fourth-order valence-electron chi connectivity index (χ4n) is 1.43. The van der Waals surface area contributed by atoms with Crippen LogP contribution in [0.3, 0.4) is 0 Å². The van der Waals surface area contributed by atoms with E-state index in [-0.39, 0.29) is 5.60 Å². The minimum Gasteiger partial charge on any atom is -0.379 e. The maximum Gasteiger partial charge on any atom is 0.0638 e. The number of rotatable bonds is 3. The molecule has 0 aliphatic carbocycles. The highest BCUT2D eigenvalue weighted by Gasteiger charge is 2.23. The summed E-state index contributed by atoms with van der Waals surface area (Å²) in [4.78, 5) is 0. The van der Waals surface area contributed by atoms with E-state index in [4.69, 9.17) is 9.47 Å². The molecule has 1 unspecified atom stereocenters.